The third-order valence-electron chi connectivity index (χ3n) is 3.26. The summed E-state index contributed by atoms with van der Waals surface area (Å²) >= 11 is 0. The Morgan fingerprint density at radius 3 is 2.61 bits per heavy atom. The van der Waals surface area contributed by atoms with E-state index in [1.807, 2.05) is 12.3 Å². The number of hydrogen-bond donors (Lipinski definition) is 1. The normalized spacial score (nSPS) is 15.7. The predicted octanol–water partition coefficient (Wildman–Crippen LogP) is 1.96. The lowest BCUT2D eigenvalue weighted by atomic mass is 10.1. The van der Waals surface area contributed by atoms with Crippen molar-refractivity contribution in [3.05, 3.63) is 48.8 Å². The molecule has 0 unspecified atom stereocenters. The maximum atomic E-state index is 4.15. The van der Waals surface area contributed by atoms with Crippen molar-refractivity contribution in [3.63, 3.8) is 0 Å². The van der Waals surface area contributed by atoms with Crippen molar-refractivity contribution in [1.82, 2.24) is 10.3 Å². The molecule has 2 heterocycles. The van der Waals surface area contributed by atoms with Gasteiger partial charge in [0.1, 0.15) is 0 Å². The predicted molar refractivity (Wildman–Crippen MR) is 73.6 cm³/mol. The second kappa shape index (κ2) is 5.19. The van der Waals surface area contributed by atoms with Crippen molar-refractivity contribution in [1.29, 1.82) is 0 Å². The summed E-state index contributed by atoms with van der Waals surface area (Å²) in [6.07, 6.45) is 4.96. The Morgan fingerprint density at radius 2 is 1.83 bits per heavy atom. The van der Waals surface area contributed by atoms with Crippen molar-refractivity contribution >= 4 is 5.69 Å². The Morgan fingerprint density at radius 1 is 1.06 bits per heavy atom. The van der Waals surface area contributed by atoms with Crippen LogP contribution in [-0.4, -0.2) is 31.2 Å². The lowest BCUT2D eigenvalue weighted by Gasteiger charge is -2.30. The van der Waals surface area contributed by atoms with Gasteiger partial charge in [0.05, 0.1) is 6.20 Å². The molecule has 1 aromatic carbocycles. The number of benzene rings is 1. The second-order valence-corrected chi connectivity index (χ2v) is 4.42. The van der Waals surface area contributed by atoms with Gasteiger partial charge in [-0.05, 0) is 11.6 Å². The molecule has 91 valence electrons. The maximum absolute atomic E-state index is 4.15. The van der Waals surface area contributed by atoms with Gasteiger partial charge in [0.2, 0.25) is 0 Å². The van der Waals surface area contributed by atoms with Gasteiger partial charge in [0, 0.05) is 43.6 Å². The lowest BCUT2D eigenvalue weighted by molar-refractivity contribution is 0.589. The van der Waals surface area contributed by atoms with Gasteiger partial charge in [-0.25, -0.2) is 0 Å². The fourth-order valence-electron chi connectivity index (χ4n) is 2.34. The number of nitrogens with one attached hydrogen (secondary N) is 1. The van der Waals surface area contributed by atoms with E-state index in [-0.39, 0.29) is 0 Å². The largest absolute Gasteiger partial charge is 0.368 e. The molecule has 18 heavy (non-hydrogen) atoms. The number of hydrogen-bond acceptors (Lipinski definition) is 3. The van der Waals surface area contributed by atoms with E-state index in [9.17, 15) is 0 Å². The molecule has 1 aliphatic rings. The molecule has 3 heteroatoms. The number of nitrogens with zero attached hydrogens (tertiary/aromatic N) is 2. The van der Waals surface area contributed by atoms with Gasteiger partial charge in [0.15, 0.2) is 0 Å². The first-order chi connectivity index (χ1) is 8.95. The number of pyridine rings is 1. The summed E-state index contributed by atoms with van der Waals surface area (Å²) < 4.78 is 0. The van der Waals surface area contributed by atoms with E-state index < -0.39 is 0 Å². The fourth-order valence-corrected chi connectivity index (χ4v) is 2.34. The van der Waals surface area contributed by atoms with Crippen molar-refractivity contribution in [2.24, 2.45) is 0 Å². The lowest BCUT2D eigenvalue weighted by Crippen LogP contribution is -2.43. The molecule has 0 saturated carbocycles. The molecule has 1 fully saturated rings. The van der Waals surface area contributed by atoms with Crippen LogP contribution in [0, 0.1) is 6.20 Å². The highest BCUT2D eigenvalue weighted by atomic mass is 15.2. The molecular formula is C15H16N3. The molecule has 0 amide bonds. The SMILES string of the molecule is [c]1nccc(N2CCNCC2)c1-c1ccccc1. The van der Waals surface area contributed by atoms with Crippen LogP contribution < -0.4 is 10.2 Å². The summed E-state index contributed by atoms with van der Waals surface area (Å²) in [6.45, 7) is 4.16. The first-order valence-corrected chi connectivity index (χ1v) is 6.33. The van der Waals surface area contributed by atoms with Crippen LogP contribution in [0.4, 0.5) is 5.69 Å². The van der Waals surface area contributed by atoms with Gasteiger partial charge in [-0.15, -0.1) is 0 Å². The van der Waals surface area contributed by atoms with Gasteiger partial charge in [-0.3, -0.25) is 4.98 Å². The molecular weight excluding hydrogens is 222 g/mol. The number of anilines is 1. The molecule has 1 radical (unpaired) electrons. The summed E-state index contributed by atoms with van der Waals surface area (Å²) in [5.74, 6) is 0. The minimum atomic E-state index is 1.04. The monoisotopic (exact) mass is 238 g/mol. The molecule has 0 aliphatic carbocycles. The molecule has 3 nitrogen and oxygen atoms in total. The van der Waals surface area contributed by atoms with E-state index in [0.717, 1.165) is 31.7 Å². The Labute approximate surface area is 107 Å². The molecule has 0 atom stereocenters. The van der Waals surface area contributed by atoms with Crippen molar-refractivity contribution in [2.45, 2.75) is 0 Å². The average Bonchev–Trinajstić information content (AvgIpc) is 2.49. The van der Waals surface area contributed by atoms with Crippen LogP contribution in [0.3, 0.4) is 0 Å². The smallest absolute Gasteiger partial charge is 0.0992 e. The summed E-state index contributed by atoms with van der Waals surface area (Å²) in [5.41, 5.74) is 3.51. The van der Waals surface area contributed by atoms with Crippen LogP contribution in [0.15, 0.2) is 42.6 Å². The second-order valence-electron chi connectivity index (χ2n) is 4.42. The Hall–Kier alpha value is -1.87. The molecule has 1 N–H and O–H groups in total. The maximum Gasteiger partial charge on any atom is 0.0992 e. The molecule has 1 aromatic heterocycles. The van der Waals surface area contributed by atoms with E-state index in [1.165, 1.54) is 11.3 Å². The molecule has 0 bridgehead atoms. The minimum absolute atomic E-state index is 1.04. The standard InChI is InChI=1S/C15H16N3/c1-2-4-13(5-3-1)14-12-17-7-6-15(14)18-10-8-16-9-11-18/h1-7,16H,8-11H2. The van der Waals surface area contributed by atoms with Crippen molar-refractivity contribution in [2.75, 3.05) is 31.1 Å². The number of rotatable bonds is 2. The van der Waals surface area contributed by atoms with Gasteiger partial charge >= 0.3 is 0 Å². The highest BCUT2D eigenvalue weighted by Crippen LogP contribution is 2.29. The van der Waals surface area contributed by atoms with E-state index in [1.54, 1.807) is 0 Å². The quantitative estimate of drug-likeness (QED) is 0.867. The highest BCUT2D eigenvalue weighted by molar-refractivity contribution is 5.77. The van der Waals surface area contributed by atoms with Gasteiger partial charge in [-0.2, -0.15) is 0 Å². The van der Waals surface area contributed by atoms with E-state index >= 15 is 0 Å². The van der Waals surface area contributed by atoms with Crippen LogP contribution in [0.1, 0.15) is 0 Å². The highest BCUT2D eigenvalue weighted by Gasteiger charge is 2.14. The Bertz CT molecular complexity index is 504. The molecule has 1 aliphatic heterocycles. The van der Waals surface area contributed by atoms with E-state index in [2.05, 4.69) is 51.7 Å². The summed E-state index contributed by atoms with van der Waals surface area (Å²) in [6, 6.07) is 12.4. The third kappa shape index (κ3) is 2.22. The van der Waals surface area contributed by atoms with E-state index in [4.69, 9.17) is 0 Å². The first kappa shape index (κ1) is 11.2. The zero-order valence-corrected chi connectivity index (χ0v) is 10.3. The van der Waals surface area contributed by atoms with Crippen molar-refractivity contribution in [3.8, 4) is 11.1 Å². The summed E-state index contributed by atoms with van der Waals surface area (Å²) in [5, 5.41) is 3.38. The van der Waals surface area contributed by atoms with Crippen LogP contribution >= 0.6 is 0 Å². The minimum Gasteiger partial charge on any atom is -0.368 e. The molecule has 1 saturated heterocycles. The van der Waals surface area contributed by atoms with Crippen molar-refractivity contribution < 1.29 is 0 Å². The van der Waals surface area contributed by atoms with Gasteiger partial charge < -0.3 is 10.2 Å². The average molecular weight is 238 g/mol. The summed E-state index contributed by atoms with van der Waals surface area (Å²) in [7, 11) is 0. The first-order valence-electron chi connectivity index (χ1n) is 6.33. The molecule has 0 spiro atoms. The zero-order valence-electron chi connectivity index (χ0n) is 10.3. The van der Waals surface area contributed by atoms with Crippen LogP contribution in [0.25, 0.3) is 11.1 Å². The van der Waals surface area contributed by atoms with E-state index in [0.29, 0.717) is 0 Å². The fraction of sp³-hybridized carbons (Fsp3) is 0.267. The van der Waals surface area contributed by atoms with Gasteiger partial charge in [-0.1, -0.05) is 30.3 Å². The van der Waals surface area contributed by atoms with Crippen LogP contribution in [0.5, 0.6) is 0 Å². The Kier molecular flexibility index (Phi) is 3.24. The number of piperazine rings is 1. The molecule has 2 aromatic rings. The third-order valence-corrected chi connectivity index (χ3v) is 3.26. The topological polar surface area (TPSA) is 28.2 Å². The Balaban J connectivity index is 1.99. The van der Waals surface area contributed by atoms with Gasteiger partial charge in [0.25, 0.3) is 0 Å². The summed E-state index contributed by atoms with van der Waals surface area (Å²) in [4.78, 5) is 6.55. The number of aromatic nitrogens is 1. The zero-order chi connectivity index (χ0) is 12.2. The van der Waals surface area contributed by atoms with Crippen LogP contribution in [-0.2, 0) is 0 Å². The van der Waals surface area contributed by atoms with Crippen LogP contribution in [0.2, 0.25) is 0 Å². The molecule has 3 rings (SSSR count).